The van der Waals surface area contributed by atoms with Crippen LogP contribution in [0.2, 0.25) is 0 Å². The van der Waals surface area contributed by atoms with Crippen molar-refractivity contribution in [3.05, 3.63) is 76.6 Å². The molecule has 4 aromatic rings. The van der Waals surface area contributed by atoms with Gasteiger partial charge in [0.15, 0.2) is 10.6 Å². The number of carbonyl (C=O) groups excluding carboxylic acids is 1. The van der Waals surface area contributed by atoms with Crippen LogP contribution in [0, 0.1) is 11.6 Å². The van der Waals surface area contributed by atoms with E-state index in [0.29, 0.717) is 21.6 Å². The van der Waals surface area contributed by atoms with Crippen LogP contribution in [0.25, 0.3) is 21.0 Å². The molecular formula is C20H14F2N2OS. The Bertz CT molecular complexity index is 1220. The number of hydrogen-bond donors (Lipinski definition) is 0. The second-order valence-corrected chi connectivity index (χ2v) is 6.82. The molecule has 0 radical (unpaired) electrons. The molecule has 0 saturated heterocycles. The highest BCUT2D eigenvalue weighted by atomic mass is 32.1. The quantitative estimate of drug-likeness (QED) is 0.496. The average molecular weight is 368 g/mol. The van der Waals surface area contributed by atoms with E-state index in [9.17, 15) is 13.6 Å². The number of fused-ring (bicyclic) bond motifs is 2. The van der Waals surface area contributed by atoms with Crippen molar-refractivity contribution in [2.45, 2.75) is 13.5 Å². The number of thiazole rings is 1. The Morgan fingerprint density at radius 1 is 1.12 bits per heavy atom. The third kappa shape index (κ3) is 2.72. The summed E-state index contributed by atoms with van der Waals surface area (Å²) in [4.78, 5) is 17.3. The van der Waals surface area contributed by atoms with Gasteiger partial charge in [-0.05, 0) is 29.8 Å². The van der Waals surface area contributed by atoms with Gasteiger partial charge in [0.25, 0.3) is 5.91 Å². The maximum atomic E-state index is 14.2. The topological polar surface area (TPSA) is 34.4 Å². The molecule has 0 spiro atoms. The lowest BCUT2D eigenvalue weighted by atomic mass is 10.0. The van der Waals surface area contributed by atoms with Gasteiger partial charge in [-0.2, -0.15) is 4.99 Å². The molecule has 1 heterocycles. The molecule has 26 heavy (non-hydrogen) atoms. The van der Waals surface area contributed by atoms with E-state index in [1.165, 1.54) is 6.07 Å². The molecule has 0 bridgehead atoms. The van der Waals surface area contributed by atoms with Gasteiger partial charge in [0.1, 0.15) is 5.82 Å². The van der Waals surface area contributed by atoms with Crippen molar-refractivity contribution in [2.75, 3.05) is 0 Å². The standard InChI is InChI=1S/C20H14F2N2OS/c1-2-24-18-16(22)10-13(21)11-17(18)26-20(24)23-19(25)15-9-5-7-12-6-3-4-8-14(12)15/h3-11H,2H2,1H3. The van der Waals surface area contributed by atoms with Crippen molar-refractivity contribution in [3.63, 3.8) is 0 Å². The van der Waals surface area contributed by atoms with Gasteiger partial charge in [-0.25, -0.2) is 8.78 Å². The van der Waals surface area contributed by atoms with Gasteiger partial charge in [0, 0.05) is 18.2 Å². The molecule has 6 heteroatoms. The summed E-state index contributed by atoms with van der Waals surface area (Å²) < 4.78 is 29.7. The highest BCUT2D eigenvalue weighted by Crippen LogP contribution is 2.23. The Morgan fingerprint density at radius 3 is 2.69 bits per heavy atom. The highest BCUT2D eigenvalue weighted by Gasteiger charge is 2.14. The van der Waals surface area contributed by atoms with E-state index in [1.54, 1.807) is 16.7 Å². The van der Waals surface area contributed by atoms with Crippen LogP contribution in [0.15, 0.2) is 59.6 Å². The predicted octanol–water partition coefficient (Wildman–Crippen LogP) is 4.90. The first-order valence-electron chi connectivity index (χ1n) is 8.13. The molecule has 1 amide bonds. The molecule has 0 aliphatic rings. The molecule has 3 aromatic carbocycles. The van der Waals surface area contributed by atoms with Crippen LogP contribution in [0.5, 0.6) is 0 Å². The fourth-order valence-corrected chi connectivity index (χ4v) is 4.20. The maximum Gasteiger partial charge on any atom is 0.280 e. The van der Waals surface area contributed by atoms with Crippen molar-refractivity contribution >= 4 is 38.2 Å². The van der Waals surface area contributed by atoms with Crippen LogP contribution >= 0.6 is 11.3 Å². The fourth-order valence-electron chi connectivity index (χ4n) is 3.07. The zero-order chi connectivity index (χ0) is 18.3. The van der Waals surface area contributed by atoms with E-state index in [1.807, 2.05) is 37.3 Å². The van der Waals surface area contributed by atoms with E-state index in [-0.39, 0.29) is 5.52 Å². The lowest BCUT2D eigenvalue weighted by Crippen LogP contribution is -2.16. The van der Waals surface area contributed by atoms with Crippen molar-refractivity contribution in [1.82, 2.24) is 4.57 Å². The van der Waals surface area contributed by atoms with E-state index in [0.717, 1.165) is 28.2 Å². The monoisotopic (exact) mass is 368 g/mol. The summed E-state index contributed by atoms with van der Waals surface area (Å²) in [6.45, 7) is 2.25. The number of aryl methyl sites for hydroxylation is 1. The summed E-state index contributed by atoms with van der Waals surface area (Å²) in [6, 6.07) is 15.1. The average Bonchev–Trinajstić information content (AvgIpc) is 2.98. The van der Waals surface area contributed by atoms with Gasteiger partial charge in [0.2, 0.25) is 0 Å². The van der Waals surface area contributed by atoms with Crippen LogP contribution in [0.3, 0.4) is 0 Å². The summed E-state index contributed by atoms with van der Waals surface area (Å²) in [7, 11) is 0. The Labute approximate surface area is 151 Å². The lowest BCUT2D eigenvalue weighted by molar-refractivity contribution is 0.0999. The van der Waals surface area contributed by atoms with Crippen LogP contribution in [-0.2, 0) is 6.54 Å². The number of benzene rings is 3. The molecule has 0 aliphatic carbocycles. The first-order chi connectivity index (χ1) is 12.6. The van der Waals surface area contributed by atoms with Gasteiger partial charge >= 0.3 is 0 Å². The number of carbonyl (C=O) groups is 1. The van der Waals surface area contributed by atoms with Gasteiger partial charge < -0.3 is 4.57 Å². The Hall–Kier alpha value is -2.86. The SMILES string of the molecule is CCn1c(=NC(=O)c2cccc3ccccc23)sc2cc(F)cc(F)c21. The number of nitrogens with zero attached hydrogens (tertiary/aromatic N) is 2. The molecule has 0 atom stereocenters. The summed E-state index contributed by atoms with van der Waals surface area (Å²) in [5, 5.41) is 1.76. The third-order valence-electron chi connectivity index (χ3n) is 4.23. The smallest absolute Gasteiger partial charge is 0.280 e. The largest absolute Gasteiger partial charge is 0.314 e. The Balaban J connectivity index is 1.93. The minimum absolute atomic E-state index is 0.267. The number of aromatic nitrogens is 1. The van der Waals surface area contributed by atoms with Crippen molar-refractivity contribution in [1.29, 1.82) is 0 Å². The molecule has 0 aliphatic heterocycles. The third-order valence-corrected chi connectivity index (χ3v) is 5.25. The minimum atomic E-state index is -0.655. The number of halogens is 2. The predicted molar refractivity (Wildman–Crippen MR) is 99.2 cm³/mol. The van der Waals surface area contributed by atoms with E-state index >= 15 is 0 Å². The molecule has 1 aromatic heterocycles. The van der Waals surface area contributed by atoms with E-state index in [2.05, 4.69) is 4.99 Å². The summed E-state index contributed by atoms with van der Waals surface area (Å²) in [5.74, 6) is -1.71. The Morgan fingerprint density at radius 2 is 1.88 bits per heavy atom. The lowest BCUT2D eigenvalue weighted by Gasteiger charge is -2.03. The van der Waals surface area contributed by atoms with E-state index in [4.69, 9.17) is 0 Å². The maximum absolute atomic E-state index is 14.2. The molecule has 0 fully saturated rings. The fraction of sp³-hybridized carbons (Fsp3) is 0.100. The van der Waals surface area contributed by atoms with Crippen LogP contribution < -0.4 is 4.80 Å². The summed E-state index contributed by atoms with van der Waals surface area (Å²) in [6.07, 6.45) is 0. The van der Waals surface area contributed by atoms with E-state index < -0.39 is 17.5 Å². The molecule has 4 rings (SSSR count). The number of rotatable bonds is 2. The second-order valence-electron chi connectivity index (χ2n) is 5.81. The first kappa shape index (κ1) is 16.6. The molecule has 0 N–H and O–H groups in total. The van der Waals surface area contributed by atoms with Gasteiger partial charge in [-0.15, -0.1) is 0 Å². The van der Waals surface area contributed by atoms with Gasteiger partial charge in [0.05, 0.1) is 10.2 Å². The second kappa shape index (κ2) is 6.46. The normalized spacial score (nSPS) is 12.2. The first-order valence-corrected chi connectivity index (χ1v) is 8.95. The highest BCUT2D eigenvalue weighted by molar-refractivity contribution is 7.16. The Kier molecular flexibility index (Phi) is 4.12. The number of hydrogen-bond acceptors (Lipinski definition) is 2. The van der Waals surface area contributed by atoms with Gasteiger partial charge in [-0.1, -0.05) is 47.7 Å². The molecule has 130 valence electrons. The van der Waals surface area contributed by atoms with Crippen molar-refractivity contribution < 1.29 is 13.6 Å². The molecule has 0 unspecified atom stereocenters. The zero-order valence-electron chi connectivity index (χ0n) is 13.9. The zero-order valence-corrected chi connectivity index (χ0v) is 14.7. The molecule has 0 saturated carbocycles. The number of amides is 1. The van der Waals surface area contributed by atoms with Crippen molar-refractivity contribution in [2.24, 2.45) is 4.99 Å². The summed E-state index contributed by atoms with van der Waals surface area (Å²) in [5.41, 5.74) is 0.748. The molecular weight excluding hydrogens is 354 g/mol. The molecule has 3 nitrogen and oxygen atoms in total. The summed E-state index contributed by atoms with van der Waals surface area (Å²) >= 11 is 1.10. The minimum Gasteiger partial charge on any atom is -0.314 e. The van der Waals surface area contributed by atoms with Crippen LogP contribution in [-0.4, -0.2) is 10.5 Å². The van der Waals surface area contributed by atoms with Crippen molar-refractivity contribution in [3.8, 4) is 0 Å². The van der Waals surface area contributed by atoms with Crippen LogP contribution in [0.4, 0.5) is 8.78 Å². The van der Waals surface area contributed by atoms with Crippen LogP contribution in [0.1, 0.15) is 17.3 Å². The van der Waals surface area contributed by atoms with Gasteiger partial charge in [-0.3, -0.25) is 4.79 Å².